The Morgan fingerprint density at radius 3 is 2.56 bits per heavy atom. The van der Waals surface area contributed by atoms with Crippen molar-refractivity contribution in [2.24, 2.45) is 11.8 Å². The average Bonchev–Trinajstić information content (AvgIpc) is 3.47. The summed E-state index contributed by atoms with van der Waals surface area (Å²) < 4.78 is 0. The number of aromatic amines is 1. The van der Waals surface area contributed by atoms with E-state index in [1.807, 2.05) is 6.92 Å². The van der Waals surface area contributed by atoms with E-state index in [4.69, 9.17) is 0 Å². The summed E-state index contributed by atoms with van der Waals surface area (Å²) in [6.45, 7) is 5.85. The molecule has 0 bridgehead atoms. The number of rotatable bonds is 5. The molecule has 8 nitrogen and oxygen atoms in total. The van der Waals surface area contributed by atoms with Crippen molar-refractivity contribution in [1.29, 1.82) is 0 Å². The third-order valence-electron chi connectivity index (χ3n) is 6.11. The summed E-state index contributed by atoms with van der Waals surface area (Å²) in [6, 6.07) is 0.500. The van der Waals surface area contributed by atoms with Gasteiger partial charge in [-0.3, -0.25) is 19.6 Å². The number of likely N-dealkylation sites (tertiary alicyclic amines) is 2. The lowest BCUT2D eigenvalue weighted by atomic mass is 9.93. The summed E-state index contributed by atoms with van der Waals surface area (Å²) in [7, 11) is 0. The first-order valence-corrected chi connectivity index (χ1v) is 10.3. The molecule has 2 saturated heterocycles. The van der Waals surface area contributed by atoms with Crippen LogP contribution in [0.4, 0.5) is 0 Å². The fourth-order valence-electron chi connectivity index (χ4n) is 4.37. The van der Waals surface area contributed by atoms with Gasteiger partial charge in [-0.15, -0.1) is 0 Å². The molecule has 3 aliphatic rings. The van der Waals surface area contributed by atoms with Gasteiger partial charge in [-0.2, -0.15) is 5.10 Å². The molecule has 0 spiro atoms. The molecule has 1 aromatic heterocycles. The highest BCUT2D eigenvalue weighted by Crippen LogP contribution is 2.32. The molecule has 0 unspecified atom stereocenters. The van der Waals surface area contributed by atoms with Crippen LogP contribution in [0.5, 0.6) is 0 Å². The lowest BCUT2D eigenvalue weighted by molar-refractivity contribution is -0.134. The second kappa shape index (κ2) is 7.96. The van der Waals surface area contributed by atoms with Gasteiger partial charge >= 0.3 is 0 Å². The molecule has 0 radical (unpaired) electrons. The first kappa shape index (κ1) is 18.4. The lowest BCUT2D eigenvalue weighted by Crippen LogP contribution is -2.51. The zero-order valence-corrected chi connectivity index (χ0v) is 16.1. The quantitative estimate of drug-likeness (QED) is 0.797. The van der Waals surface area contributed by atoms with E-state index in [9.17, 15) is 9.59 Å². The first-order valence-electron chi connectivity index (χ1n) is 10.3. The van der Waals surface area contributed by atoms with Crippen molar-refractivity contribution in [2.75, 3.05) is 26.2 Å². The maximum absolute atomic E-state index is 12.6. The summed E-state index contributed by atoms with van der Waals surface area (Å²) in [4.78, 5) is 33.6. The second-order valence-electron chi connectivity index (χ2n) is 8.22. The van der Waals surface area contributed by atoms with E-state index >= 15 is 0 Å². The van der Waals surface area contributed by atoms with Crippen LogP contribution in [0.2, 0.25) is 0 Å². The molecule has 148 valence electrons. The van der Waals surface area contributed by atoms with Crippen LogP contribution in [0.25, 0.3) is 0 Å². The molecule has 3 heterocycles. The van der Waals surface area contributed by atoms with Crippen LogP contribution in [-0.4, -0.2) is 69.0 Å². The Kier molecular flexibility index (Phi) is 5.43. The van der Waals surface area contributed by atoms with E-state index in [1.54, 1.807) is 0 Å². The van der Waals surface area contributed by atoms with Crippen molar-refractivity contribution >= 4 is 11.8 Å². The van der Waals surface area contributed by atoms with Crippen molar-refractivity contribution in [3.8, 4) is 0 Å². The van der Waals surface area contributed by atoms with Crippen LogP contribution in [0, 0.1) is 18.8 Å². The van der Waals surface area contributed by atoms with E-state index < -0.39 is 0 Å². The highest BCUT2D eigenvalue weighted by atomic mass is 16.2. The van der Waals surface area contributed by atoms with E-state index in [-0.39, 0.29) is 11.8 Å². The van der Waals surface area contributed by atoms with Crippen LogP contribution in [0.1, 0.15) is 50.2 Å². The van der Waals surface area contributed by atoms with Gasteiger partial charge in [-0.25, -0.2) is 4.98 Å². The topological polar surface area (TPSA) is 94.2 Å². The number of carbonyl (C=O) groups excluding carboxylic acids is 2. The molecular weight excluding hydrogens is 344 g/mol. The van der Waals surface area contributed by atoms with Gasteiger partial charge in [0, 0.05) is 31.6 Å². The van der Waals surface area contributed by atoms with Crippen LogP contribution in [-0.2, 0) is 16.1 Å². The molecule has 2 N–H and O–H groups in total. The largest absolute Gasteiger partial charge is 0.348 e. The Morgan fingerprint density at radius 2 is 1.89 bits per heavy atom. The summed E-state index contributed by atoms with van der Waals surface area (Å²) in [5.41, 5.74) is 0. The summed E-state index contributed by atoms with van der Waals surface area (Å²) in [5.74, 6) is 2.20. The highest BCUT2D eigenvalue weighted by Gasteiger charge is 2.37. The summed E-state index contributed by atoms with van der Waals surface area (Å²) in [5, 5.41) is 9.84. The number of aryl methyl sites for hydroxylation is 1. The zero-order chi connectivity index (χ0) is 18.8. The summed E-state index contributed by atoms with van der Waals surface area (Å²) >= 11 is 0. The molecule has 1 aliphatic carbocycles. The number of aromatic nitrogens is 3. The molecule has 8 heteroatoms. The lowest BCUT2D eigenvalue weighted by Gasteiger charge is -2.42. The number of nitrogens with one attached hydrogen (secondary N) is 2. The minimum absolute atomic E-state index is 0.0323. The number of nitrogens with zero attached hydrogens (tertiary/aromatic N) is 4. The van der Waals surface area contributed by atoms with Gasteiger partial charge in [0.25, 0.3) is 0 Å². The third-order valence-corrected chi connectivity index (χ3v) is 6.11. The van der Waals surface area contributed by atoms with Gasteiger partial charge in [-0.1, -0.05) is 0 Å². The molecule has 2 amide bonds. The van der Waals surface area contributed by atoms with Crippen LogP contribution < -0.4 is 5.32 Å². The number of amides is 2. The van der Waals surface area contributed by atoms with Crippen molar-refractivity contribution < 1.29 is 9.59 Å². The van der Waals surface area contributed by atoms with Crippen molar-refractivity contribution in [3.63, 3.8) is 0 Å². The molecule has 2 aliphatic heterocycles. The van der Waals surface area contributed by atoms with E-state index in [2.05, 4.69) is 30.3 Å². The maximum Gasteiger partial charge on any atom is 0.225 e. The monoisotopic (exact) mass is 374 g/mol. The van der Waals surface area contributed by atoms with Crippen molar-refractivity contribution in [1.82, 2.24) is 30.3 Å². The standard InChI is InChI=1S/C19H30N6O2/c1-13-21-17(23-22-13)11-20-18(26)15-3-2-8-25(12-15)16-6-9-24(10-7-16)19(27)14-4-5-14/h14-16H,2-12H2,1H3,(H,20,26)(H,21,22,23)/t15-/m1/s1. The van der Waals surface area contributed by atoms with Gasteiger partial charge in [0.05, 0.1) is 12.5 Å². The normalized spacial score (nSPS) is 24.8. The smallest absolute Gasteiger partial charge is 0.225 e. The van der Waals surface area contributed by atoms with E-state index in [1.165, 1.54) is 0 Å². The fourth-order valence-corrected chi connectivity index (χ4v) is 4.37. The van der Waals surface area contributed by atoms with Crippen molar-refractivity contribution in [2.45, 2.75) is 58.0 Å². The minimum atomic E-state index is 0.0323. The molecule has 0 aromatic carbocycles. The predicted molar refractivity (Wildman–Crippen MR) is 99.6 cm³/mol. The number of carbonyl (C=O) groups is 2. The molecule has 27 heavy (non-hydrogen) atoms. The van der Waals surface area contributed by atoms with Crippen LogP contribution >= 0.6 is 0 Å². The van der Waals surface area contributed by atoms with Gasteiger partial charge in [0.1, 0.15) is 5.82 Å². The number of hydrogen-bond donors (Lipinski definition) is 2. The molecule has 3 fully saturated rings. The van der Waals surface area contributed by atoms with E-state index in [0.717, 1.165) is 70.5 Å². The van der Waals surface area contributed by atoms with Crippen LogP contribution in [0.15, 0.2) is 0 Å². The Balaban J connectivity index is 1.24. The second-order valence-corrected chi connectivity index (χ2v) is 8.22. The molecular formula is C19H30N6O2. The van der Waals surface area contributed by atoms with Gasteiger partial charge in [0.15, 0.2) is 5.82 Å². The number of hydrogen-bond acceptors (Lipinski definition) is 5. The molecule has 4 rings (SSSR count). The Labute approximate surface area is 160 Å². The van der Waals surface area contributed by atoms with E-state index in [0.29, 0.717) is 30.2 Å². The fraction of sp³-hybridized carbons (Fsp3) is 0.789. The van der Waals surface area contributed by atoms with Gasteiger partial charge in [0.2, 0.25) is 11.8 Å². The number of H-pyrrole nitrogens is 1. The molecule has 1 aromatic rings. The van der Waals surface area contributed by atoms with Crippen molar-refractivity contribution in [3.05, 3.63) is 11.6 Å². The SMILES string of the molecule is Cc1nc(CNC(=O)[C@@H]2CCCN(C3CCN(C(=O)C4CC4)CC3)C2)n[nH]1. The zero-order valence-electron chi connectivity index (χ0n) is 16.1. The third kappa shape index (κ3) is 4.48. The maximum atomic E-state index is 12.6. The average molecular weight is 374 g/mol. The molecule has 1 atom stereocenters. The van der Waals surface area contributed by atoms with Gasteiger partial charge < -0.3 is 10.2 Å². The Hall–Kier alpha value is -1.96. The highest BCUT2D eigenvalue weighted by molar-refractivity contribution is 5.81. The first-order chi connectivity index (χ1) is 13.1. The number of piperidine rings is 2. The van der Waals surface area contributed by atoms with Crippen LogP contribution in [0.3, 0.4) is 0 Å². The minimum Gasteiger partial charge on any atom is -0.348 e. The summed E-state index contributed by atoms with van der Waals surface area (Å²) in [6.07, 6.45) is 6.21. The Morgan fingerprint density at radius 1 is 1.11 bits per heavy atom. The predicted octanol–water partition coefficient (Wildman–Crippen LogP) is 0.842. The van der Waals surface area contributed by atoms with Gasteiger partial charge in [-0.05, 0) is 52.0 Å². The molecule has 1 saturated carbocycles. The Bertz CT molecular complexity index is 677.